The van der Waals surface area contributed by atoms with Crippen molar-refractivity contribution in [1.29, 1.82) is 0 Å². The highest BCUT2D eigenvalue weighted by molar-refractivity contribution is 5.94. The van der Waals surface area contributed by atoms with Gasteiger partial charge in [-0.3, -0.25) is 4.79 Å². The standard InChI is InChI=1S/C6H7F3O2/c1-3(10)5(4(2)11)6(7,8)9/h10H,1-2H3/b5-3+. The first-order chi connectivity index (χ1) is 4.76. The van der Waals surface area contributed by atoms with Crippen molar-refractivity contribution in [1.82, 2.24) is 0 Å². The molecule has 0 aromatic heterocycles. The molecule has 0 atom stereocenters. The molecule has 5 heteroatoms. The third-order valence-electron chi connectivity index (χ3n) is 0.997. The quantitative estimate of drug-likeness (QED) is 0.480. The summed E-state index contributed by atoms with van der Waals surface area (Å²) in [4.78, 5) is 10.3. The summed E-state index contributed by atoms with van der Waals surface area (Å²) in [6.45, 7) is 1.58. The number of aliphatic hydroxyl groups excluding tert-OH is 1. The maximum atomic E-state index is 11.8. The Balaban J connectivity index is 4.96. The topological polar surface area (TPSA) is 37.3 Å². The van der Waals surface area contributed by atoms with Crippen LogP contribution in [0.25, 0.3) is 0 Å². The molecule has 0 aromatic carbocycles. The monoisotopic (exact) mass is 168 g/mol. The number of rotatable bonds is 1. The summed E-state index contributed by atoms with van der Waals surface area (Å²) in [6.07, 6.45) is -4.76. The molecule has 2 nitrogen and oxygen atoms in total. The number of Topliss-reactive ketones (excluding diaryl/α,β-unsaturated/α-hetero) is 1. The van der Waals surface area contributed by atoms with Crippen LogP contribution in [0.5, 0.6) is 0 Å². The molecule has 0 fully saturated rings. The number of carbonyl (C=O) groups excluding carboxylic acids is 1. The van der Waals surface area contributed by atoms with Crippen molar-refractivity contribution in [3.63, 3.8) is 0 Å². The molecule has 64 valence electrons. The fraction of sp³-hybridized carbons (Fsp3) is 0.500. The lowest BCUT2D eigenvalue weighted by Crippen LogP contribution is -2.19. The van der Waals surface area contributed by atoms with Gasteiger partial charge in [-0.2, -0.15) is 13.2 Å². The summed E-state index contributed by atoms with van der Waals surface area (Å²) in [5, 5.41) is 8.46. The predicted octanol–water partition coefficient (Wildman–Crippen LogP) is 1.97. The van der Waals surface area contributed by atoms with Crippen LogP contribution in [0.15, 0.2) is 11.3 Å². The van der Waals surface area contributed by atoms with E-state index in [0.717, 1.165) is 13.8 Å². The average Bonchev–Trinajstić information content (AvgIpc) is 1.54. The van der Waals surface area contributed by atoms with Gasteiger partial charge >= 0.3 is 6.18 Å². The fourth-order valence-electron chi connectivity index (χ4n) is 0.659. The van der Waals surface area contributed by atoms with E-state index in [1.54, 1.807) is 0 Å². The summed E-state index contributed by atoms with van der Waals surface area (Å²) in [5.41, 5.74) is -1.49. The van der Waals surface area contributed by atoms with Crippen molar-refractivity contribution in [2.75, 3.05) is 0 Å². The molecular weight excluding hydrogens is 161 g/mol. The van der Waals surface area contributed by atoms with Crippen LogP contribution in [0.4, 0.5) is 13.2 Å². The zero-order valence-corrected chi connectivity index (χ0v) is 5.99. The Kier molecular flexibility index (Phi) is 2.67. The van der Waals surface area contributed by atoms with Crippen LogP contribution in [0.1, 0.15) is 13.8 Å². The Bertz CT molecular complexity index is 198. The van der Waals surface area contributed by atoms with Gasteiger partial charge in [0.2, 0.25) is 0 Å². The van der Waals surface area contributed by atoms with Crippen molar-refractivity contribution in [2.45, 2.75) is 20.0 Å². The Hall–Kier alpha value is -1.00. The third kappa shape index (κ3) is 2.61. The molecule has 0 amide bonds. The van der Waals surface area contributed by atoms with Crippen LogP contribution in [-0.4, -0.2) is 17.1 Å². The summed E-state index contributed by atoms with van der Waals surface area (Å²) in [7, 11) is 0. The van der Waals surface area contributed by atoms with Crippen LogP contribution in [0.2, 0.25) is 0 Å². The number of halogens is 3. The number of alkyl halides is 3. The normalized spacial score (nSPS) is 14.3. The van der Waals surface area contributed by atoms with Crippen molar-refractivity contribution in [3.8, 4) is 0 Å². The van der Waals surface area contributed by atoms with Gasteiger partial charge in [0, 0.05) is 0 Å². The molecule has 0 aliphatic heterocycles. The number of aliphatic hydroxyl groups is 1. The zero-order chi connectivity index (χ0) is 9.23. The van der Waals surface area contributed by atoms with Gasteiger partial charge in [-0.1, -0.05) is 0 Å². The molecule has 0 unspecified atom stereocenters. The van der Waals surface area contributed by atoms with Gasteiger partial charge in [0.15, 0.2) is 5.78 Å². The van der Waals surface area contributed by atoms with Crippen molar-refractivity contribution in [3.05, 3.63) is 11.3 Å². The molecule has 0 radical (unpaired) electrons. The second kappa shape index (κ2) is 2.94. The highest BCUT2D eigenvalue weighted by Crippen LogP contribution is 2.27. The smallest absolute Gasteiger partial charge is 0.423 e. The van der Waals surface area contributed by atoms with Gasteiger partial charge in [0.25, 0.3) is 0 Å². The van der Waals surface area contributed by atoms with E-state index in [-0.39, 0.29) is 0 Å². The minimum absolute atomic E-state index is 0.753. The van der Waals surface area contributed by atoms with Crippen LogP contribution >= 0.6 is 0 Å². The molecule has 0 aliphatic carbocycles. The molecule has 0 bridgehead atoms. The van der Waals surface area contributed by atoms with E-state index in [1.807, 2.05) is 0 Å². The van der Waals surface area contributed by atoms with E-state index in [4.69, 9.17) is 5.11 Å². The Morgan fingerprint density at radius 2 is 1.64 bits per heavy atom. The van der Waals surface area contributed by atoms with Gasteiger partial charge in [0.1, 0.15) is 11.3 Å². The number of hydrogen-bond donors (Lipinski definition) is 1. The molecule has 0 spiro atoms. The first-order valence-electron chi connectivity index (χ1n) is 2.74. The van der Waals surface area contributed by atoms with E-state index in [0.29, 0.717) is 0 Å². The molecule has 1 N–H and O–H groups in total. The Morgan fingerprint density at radius 3 is 1.64 bits per heavy atom. The van der Waals surface area contributed by atoms with E-state index in [2.05, 4.69) is 0 Å². The molecule has 0 heterocycles. The molecule has 0 aromatic rings. The first kappa shape index (κ1) is 10.0. The minimum atomic E-state index is -4.76. The lowest BCUT2D eigenvalue weighted by molar-refractivity contribution is -0.128. The maximum absolute atomic E-state index is 11.8. The second-order valence-electron chi connectivity index (χ2n) is 2.01. The predicted molar refractivity (Wildman–Crippen MR) is 32.1 cm³/mol. The van der Waals surface area contributed by atoms with Gasteiger partial charge in [0.05, 0.1) is 0 Å². The van der Waals surface area contributed by atoms with E-state index in [9.17, 15) is 18.0 Å². The fourth-order valence-corrected chi connectivity index (χ4v) is 0.659. The maximum Gasteiger partial charge on any atom is 0.423 e. The largest absolute Gasteiger partial charge is 0.512 e. The Morgan fingerprint density at radius 1 is 1.27 bits per heavy atom. The summed E-state index contributed by atoms with van der Waals surface area (Å²) in [6, 6.07) is 0. The van der Waals surface area contributed by atoms with Crippen LogP contribution in [-0.2, 0) is 4.79 Å². The number of ketones is 1. The third-order valence-corrected chi connectivity index (χ3v) is 0.997. The SMILES string of the molecule is CC(=O)/C(=C(/C)O)C(F)(F)F. The summed E-state index contributed by atoms with van der Waals surface area (Å²) in [5.74, 6) is -2.18. The highest BCUT2D eigenvalue weighted by atomic mass is 19.4. The van der Waals surface area contributed by atoms with E-state index in [1.165, 1.54) is 0 Å². The molecule has 0 aliphatic rings. The number of allylic oxidation sites excluding steroid dienone is 2. The lowest BCUT2D eigenvalue weighted by atomic mass is 10.1. The highest BCUT2D eigenvalue weighted by Gasteiger charge is 2.38. The molecular formula is C6H7F3O2. The summed E-state index contributed by atoms with van der Waals surface area (Å²) < 4.78 is 35.3. The van der Waals surface area contributed by atoms with Gasteiger partial charge < -0.3 is 5.11 Å². The number of carbonyl (C=O) groups is 1. The average molecular weight is 168 g/mol. The second-order valence-corrected chi connectivity index (χ2v) is 2.01. The van der Waals surface area contributed by atoms with Crippen molar-refractivity contribution in [2.24, 2.45) is 0 Å². The van der Waals surface area contributed by atoms with Gasteiger partial charge in [-0.05, 0) is 13.8 Å². The van der Waals surface area contributed by atoms with Crippen molar-refractivity contribution >= 4 is 5.78 Å². The minimum Gasteiger partial charge on any atom is -0.512 e. The van der Waals surface area contributed by atoms with Crippen LogP contribution in [0.3, 0.4) is 0 Å². The van der Waals surface area contributed by atoms with Gasteiger partial charge in [-0.15, -0.1) is 0 Å². The summed E-state index contributed by atoms with van der Waals surface area (Å²) >= 11 is 0. The molecule has 11 heavy (non-hydrogen) atoms. The number of hydrogen-bond acceptors (Lipinski definition) is 2. The van der Waals surface area contributed by atoms with E-state index < -0.39 is 23.3 Å². The van der Waals surface area contributed by atoms with E-state index >= 15 is 0 Å². The first-order valence-corrected chi connectivity index (χ1v) is 2.74. The lowest BCUT2D eigenvalue weighted by Gasteiger charge is -2.08. The molecule has 0 saturated carbocycles. The molecule has 0 rings (SSSR count). The van der Waals surface area contributed by atoms with Gasteiger partial charge in [-0.25, -0.2) is 0 Å². The zero-order valence-electron chi connectivity index (χ0n) is 5.99. The van der Waals surface area contributed by atoms with Crippen molar-refractivity contribution < 1.29 is 23.1 Å². The van der Waals surface area contributed by atoms with Crippen LogP contribution < -0.4 is 0 Å². The molecule has 0 saturated heterocycles. The Labute approximate surface area is 61.3 Å². The van der Waals surface area contributed by atoms with Crippen LogP contribution in [0, 0.1) is 0 Å².